The molecule has 3 aromatic carbocycles. The van der Waals surface area contributed by atoms with Gasteiger partial charge in [-0.3, -0.25) is 4.90 Å². The number of aromatic nitrogens is 4. The molecule has 0 radical (unpaired) electrons. The van der Waals surface area contributed by atoms with Crippen molar-refractivity contribution in [2.45, 2.75) is 25.4 Å². The molecule has 2 aromatic heterocycles. The zero-order valence-electron chi connectivity index (χ0n) is 22.0. The topological polar surface area (TPSA) is 73.4 Å². The van der Waals surface area contributed by atoms with Crippen molar-refractivity contribution in [3.05, 3.63) is 84.9 Å². The lowest BCUT2D eigenvalue weighted by molar-refractivity contribution is 0.250. The molecule has 4 heterocycles. The maximum absolute atomic E-state index is 6.54. The van der Waals surface area contributed by atoms with Crippen LogP contribution in [0.25, 0.3) is 21.9 Å². The van der Waals surface area contributed by atoms with Gasteiger partial charge >= 0.3 is 0 Å². The minimum atomic E-state index is 0.252. The van der Waals surface area contributed by atoms with E-state index >= 15 is 0 Å². The van der Waals surface area contributed by atoms with E-state index in [1.54, 1.807) is 12.7 Å². The van der Waals surface area contributed by atoms with E-state index in [9.17, 15) is 0 Å². The molecule has 2 fully saturated rings. The molecule has 2 aliphatic heterocycles. The zero-order valence-corrected chi connectivity index (χ0v) is 22.0. The lowest BCUT2D eigenvalue weighted by Crippen LogP contribution is -2.45. The Balaban J connectivity index is 1.05. The second-order valence-electron chi connectivity index (χ2n) is 10.5. The smallest absolute Gasteiger partial charge is 0.182 e. The molecular weight excluding hydrogens is 486 g/mol. The van der Waals surface area contributed by atoms with E-state index < -0.39 is 0 Å². The van der Waals surface area contributed by atoms with Gasteiger partial charge in [-0.05, 0) is 42.0 Å². The molecule has 8 heteroatoms. The van der Waals surface area contributed by atoms with Gasteiger partial charge in [-0.1, -0.05) is 48.5 Å². The summed E-state index contributed by atoms with van der Waals surface area (Å²) in [4.78, 5) is 23.8. The highest BCUT2D eigenvalue weighted by Gasteiger charge is 2.28. The van der Waals surface area contributed by atoms with E-state index in [1.807, 2.05) is 0 Å². The van der Waals surface area contributed by atoms with Crippen LogP contribution in [0.3, 0.4) is 0 Å². The van der Waals surface area contributed by atoms with Crippen molar-refractivity contribution in [3.63, 3.8) is 0 Å². The Morgan fingerprint density at radius 2 is 1.77 bits per heavy atom. The van der Waals surface area contributed by atoms with Crippen molar-refractivity contribution in [1.29, 1.82) is 0 Å². The maximum Gasteiger partial charge on any atom is 0.182 e. The number of benzene rings is 3. The van der Waals surface area contributed by atoms with E-state index in [1.165, 1.54) is 22.0 Å². The first kappa shape index (κ1) is 23.9. The monoisotopic (exact) mass is 519 g/mol. The number of ether oxygens (including phenoxy) is 1. The second kappa shape index (κ2) is 10.5. The summed E-state index contributed by atoms with van der Waals surface area (Å²) in [7, 11) is 0. The van der Waals surface area contributed by atoms with Gasteiger partial charge < -0.3 is 19.5 Å². The summed E-state index contributed by atoms with van der Waals surface area (Å²) in [5.41, 5.74) is 4.24. The van der Waals surface area contributed by atoms with Crippen molar-refractivity contribution in [2.75, 3.05) is 49.1 Å². The summed E-state index contributed by atoms with van der Waals surface area (Å²) in [6, 6.07) is 24.2. The average Bonchev–Trinajstić information content (AvgIpc) is 3.66. The summed E-state index contributed by atoms with van der Waals surface area (Å²) < 4.78 is 6.54. The Kier molecular flexibility index (Phi) is 6.46. The minimum Gasteiger partial charge on any atom is -0.491 e. The fourth-order valence-electron chi connectivity index (χ4n) is 6.00. The summed E-state index contributed by atoms with van der Waals surface area (Å²) in [5, 5.41) is 2.38. The van der Waals surface area contributed by atoms with Gasteiger partial charge in [0.2, 0.25) is 0 Å². The number of imidazole rings is 1. The molecule has 39 heavy (non-hydrogen) atoms. The highest BCUT2D eigenvalue weighted by molar-refractivity contribution is 5.91. The van der Waals surface area contributed by atoms with Gasteiger partial charge in [0.05, 0.1) is 12.4 Å². The molecule has 5 aromatic rings. The number of H-pyrrole nitrogens is 1. The van der Waals surface area contributed by atoms with Crippen LogP contribution < -0.4 is 14.5 Å². The van der Waals surface area contributed by atoms with Gasteiger partial charge in [-0.25, -0.2) is 15.0 Å². The van der Waals surface area contributed by atoms with Crippen LogP contribution in [0.2, 0.25) is 0 Å². The maximum atomic E-state index is 6.54. The Hall–Kier alpha value is -4.17. The number of fused-ring (bicyclic) bond motifs is 2. The summed E-state index contributed by atoms with van der Waals surface area (Å²) in [6.07, 6.45) is 5.47. The molecule has 7 rings (SSSR count). The molecule has 0 spiro atoms. The number of hydrogen-bond acceptors (Lipinski definition) is 7. The Bertz CT molecular complexity index is 1560. The number of hydrogen-bond donors (Lipinski definition) is 1. The van der Waals surface area contributed by atoms with E-state index in [-0.39, 0.29) is 6.04 Å². The molecule has 8 nitrogen and oxygen atoms in total. The number of anilines is 2. The summed E-state index contributed by atoms with van der Waals surface area (Å²) in [5.74, 6) is 1.86. The van der Waals surface area contributed by atoms with Crippen LogP contribution in [0.4, 0.5) is 11.5 Å². The van der Waals surface area contributed by atoms with Crippen molar-refractivity contribution in [3.8, 4) is 5.75 Å². The van der Waals surface area contributed by atoms with Gasteiger partial charge in [0.1, 0.15) is 24.2 Å². The van der Waals surface area contributed by atoms with Crippen LogP contribution in [0.5, 0.6) is 5.75 Å². The number of piperazine rings is 1. The van der Waals surface area contributed by atoms with Crippen LogP contribution >= 0.6 is 0 Å². The SMILES string of the molecule is c1ccc(CN2CCN(c3ccc4cccc(OCC5CCCN5c5ncnc6nc[nH]c56)c4c3)CC2)cc1. The van der Waals surface area contributed by atoms with Crippen LogP contribution in [0.15, 0.2) is 79.4 Å². The molecule has 0 aliphatic carbocycles. The number of aromatic amines is 1. The van der Waals surface area contributed by atoms with Gasteiger partial charge in [-0.15, -0.1) is 0 Å². The standard InChI is InChI=1S/C31H33N7O/c1-2-6-23(7-3-1)19-36-14-16-37(17-15-36)25-12-11-24-8-4-10-28(27(24)18-25)39-20-26-9-5-13-38(26)31-29-30(33-21-32-29)34-22-35-31/h1-4,6-8,10-12,18,21-22,26H,5,9,13-17,19-20H2,(H,32,33,34,35). The summed E-state index contributed by atoms with van der Waals surface area (Å²) in [6.45, 7) is 6.77. The molecule has 198 valence electrons. The molecular formula is C31H33N7O. The van der Waals surface area contributed by atoms with Crippen LogP contribution in [0.1, 0.15) is 18.4 Å². The molecule has 0 amide bonds. The quantitative estimate of drug-likeness (QED) is 0.329. The van der Waals surface area contributed by atoms with Crippen molar-refractivity contribution in [1.82, 2.24) is 24.8 Å². The van der Waals surface area contributed by atoms with E-state index in [2.05, 4.69) is 101 Å². The Labute approximate surface area is 228 Å². The third kappa shape index (κ3) is 4.88. The molecule has 2 saturated heterocycles. The lowest BCUT2D eigenvalue weighted by atomic mass is 10.1. The first-order valence-corrected chi connectivity index (χ1v) is 13.9. The minimum absolute atomic E-state index is 0.252. The normalized spacial score (nSPS) is 18.3. The fourth-order valence-corrected chi connectivity index (χ4v) is 6.00. The number of rotatable bonds is 7. The number of nitrogens with zero attached hydrogens (tertiary/aromatic N) is 6. The van der Waals surface area contributed by atoms with Crippen LogP contribution in [-0.4, -0.2) is 70.2 Å². The van der Waals surface area contributed by atoms with Crippen molar-refractivity contribution in [2.24, 2.45) is 0 Å². The molecule has 1 atom stereocenters. The van der Waals surface area contributed by atoms with E-state index in [0.29, 0.717) is 12.3 Å². The van der Waals surface area contributed by atoms with Gasteiger partial charge in [-0.2, -0.15) is 0 Å². The molecule has 1 unspecified atom stereocenters. The first-order chi connectivity index (χ1) is 19.3. The fraction of sp³-hybridized carbons (Fsp3) is 0.323. The molecule has 1 N–H and O–H groups in total. The number of nitrogens with one attached hydrogen (secondary N) is 1. The zero-order chi connectivity index (χ0) is 26.0. The van der Waals surface area contributed by atoms with E-state index in [0.717, 1.165) is 69.2 Å². The lowest BCUT2D eigenvalue weighted by Gasteiger charge is -2.36. The predicted octanol–water partition coefficient (Wildman–Crippen LogP) is 4.88. The largest absolute Gasteiger partial charge is 0.491 e. The third-order valence-electron chi connectivity index (χ3n) is 8.10. The highest BCUT2D eigenvalue weighted by atomic mass is 16.5. The van der Waals surface area contributed by atoms with Crippen LogP contribution in [0, 0.1) is 0 Å². The van der Waals surface area contributed by atoms with Crippen LogP contribution in [-0.2, 0) is 6.54 Å². The Morgan fingerprint density at radius 1 is 0.872 bits per heavy atom. The third-order valence-corrected chi connectivity index (χ3v) is 8.10. The molecule has 2 aliphatic rings. The van der Waals surface area contributed by atoms with Gasteiger partial charge in [0.25, 0.3) is 0 Å². The van der Waals surface area contributed by atoms with Crippen molar-refractivity contribution < 1.29 is 4.74 Å². The summed E-state index contributed by atoms with van der Waals surface area (Å²) >= 11 is 0. The van der Waals surface area contributed by atoms with Gasteiger partial charge in [0.15, 0.2) is 11.5 Å². The Morgan fingerprint density at radius 3 is 2.67 bits per heavy atom. The molecule has 0 bridgehead atoms. The highest BCUT2D eigenvalue weighted by Crippen LogP contribution is 2.32. The molecule has 0 saturated carbocycles. The average molecular weight is 520 g/mol. The predicted molar refractivity (Wildman–Crippen MR) is 155 cm³/mol. The second-order valence-corrected chi connectivity index (χ2v) is 10.5. The van der Waals surface area contributed by atoms with Gasteiger partial charge in [0, 0.05) is 50.3 Å². The first-order valence-electron chi connectivity index (χ1n) is 13.9. The van der Waals surface area contributed by atoms with Crippen molar-refractivity contribution >= 4 is 33.4 Å². The van der Waals surface area contributed by atoms with E-state index in [4.69, 9.17) is 4.74 Å².